The molecule has 2 heterocycles. The standard InChI is InChI=1S/C15H18N2OS/c1-10(2)16-8-12-9-19-15(17-12)14-7-11-5-3-4-6-13(11)18-14/h3-6,9-10,14,16H,7-8H2,1-2H3. The van der Waals surface area contributed by atoms with Crippen LogP contribution in [0.2, 0.25) is 0 Å². The second-order valence-corrected chi connectivity index (χ2v) is 6.02. The number of nitrogens with zero attached hydrogens (tertiary/aromatic N) is 1. The second-order valence-electron chi connectivity index (χ2n) is 5.13. The Morgan fingerprint density at radius 3 is 3.05 bits per heavy atom. The topological polar surface area (TPSA) is 34.1 Å². The van der Waals surface area contributed by atoms with Crippen molar-refractivity contribution in [1.29, 1.82) is 0 Å². The van der Waals surface area contributed by atoms with Crippen molar-refractivity contribution in [2.75, 3.05) is 0 Å². The normalized spacial score (nSPS) is 17.5. The number of benzene rings is 1. The molecule has 0 saturated carbocycles. The highest BCUT2D eigenvalue weighted by Crippen LogP contribution is 2.37. The Morgan fingerprint density at radius 2 is 2.26 bits per heavy atom. The SMILES string of the molecule is CC(C)NCc1csc(C2Cc3ccccc3O2)n1. The zero-order valence-corrected chi connectivity index (χ0v) is 12.0. The van der Waals surface area contributed by atoms with Gasteiger partial charge in [-0.3, -0.25) is 0 Å². The number of thiazole rings is 1. The number of rotatable bonds is 4. The molecular formula is C15H18N2OS. The maximum atomic E-state index is 5.96. The maximum absolute atomic E-state index is 5.96. The van der Waals surface area contributed by atoms with Crippen LogP contribution in [0.5, 0.6) is 5.75 Å². The number of ether oxygens (including phenoxy) is 1. The molecule has 1 aliphatic heterocycles. The summed E-state index contributed by atoms with van der Waals surface area (Å²) < 4.78 is 5.96. The van der Waals surface area contributed by atoms with Crippen LogP contribution in [-0.4, -0.2) is 11.0 Å². The van der Waals surface area contributed by atoms with Gasteiger partial charge in [0.1, 0.15) is 10.8 Å². The molecule has 3 rings (SSSR count). The molecule has 0 amide bonds. The van der Waals surface area contributed by atoms with Gasteiger partial charge in [0, 0.05) is 24.4 Å². The fourth-order valence-electron chi connectivity index (χ4n) is 2.18. The van der Waals surface area contributed by atoms with Crippen molar-refractivity contribution in [3.8, 4) is 5.75 Å². The first-order chi connectivity index (χ1) is 9.22. The van der Waals surface area contributed by atoms with Crippen LogP contribution in [0.1, 0.15) is 36.2 Å². The predicted molar refractivity (Wildman–Crippen MR) is 77.6 cm³/mol. The average Bonchev–Trinajstić information content (AvgIpc) is 3.02. The van der Waals surface area contributed by atoms with Crippen LogP contribution < -0.4 is 10.1 Å². The molecule has 4 heteroatoms. The van der Waals surface area contributed by atoms with E-state index in [-0.39, 0.29) is 6.10 Å². The van der Waals surface area contributed by atoms with Gasteiger partial charge in [-0.15, -0.1) is 11.3 Å². The van der Waals surface area contributed by atoms with Gasteiger partial charge in [0.2, 0.25) is 0 Å². The molecule has 3 nitrogen and oxygen atoms in total. The van der Waals surface area contributed by atoms with Crippen molar-refractivity contribution in [3.05, 3.63) is 45.9 Å². The third-order valence-electron chi connectivity index (χ3n) is 3.18. The van der Waals surface area contributed by atoms with Crippen LogP contribution in [0.15, 0.2) is 29.6 Å². The minimum Gasteiger partial charge on any atom is -0.483 e. The van der Waals surface area contributed by atoms with E-state index in [1.807, 2.05) is 12.1 Å². The summed E-state index contributed by atoms with van der Waals surface area (Å²) in [4.78, 5) is 4.68. The number of aromatic nitrogens is 1. The molecule has 1 unspecified atom stereocenters. The lowest BCUT2D eigenvalue weighted by molar-refractivity contribution is 0.238. The molecule has 100 valence electrons. The van der Waals surface area contributed by atoms with Gasteiger partial charge in [-0.05, 0) is 11.6 Å². The smallest absolute Gasteiger partial charge is 0.154 e. The van der Waals surface area contributed by atoms with Crippen LogP contribution in [0.3, 0.4) is 0 Å². The molecule has 1 atom stereocenters. The summed E-state index contributed by atoms with van der Waals surface area (Å²) in [6.07, 6.45) is 1.02. The molecule has 0 fully saturated rings. The van der Waals surface area contributed by atoms with E-state index < -0.39 is 0 Å². The van der Waals surface area contributed by atoms with Gasteiger partial charge < -0.3 is 10.1 Å². The highest BCUT2D eigenvalue weighted by molar-refractivity contribution is 7.09. The van der Waals surface area contributed by atoms with Gasteiger partial charge in [0.05, 0.1) is 5.69 Å². The van der Waals surface area contributed by atoms with E-state index in [0.717, 1.165) is 29.4 Å². The summed E-state index contributed by atoms with van der Waals surface area (Å²) in [7, 11) is 0. The van der Waals surface area contributed by atoms with E-state index in [1.54, 1.807) is 11.3 Å². The molecule has 0 spiro atoms. The first-order valence-electron chi connectivity index (χ1n) is 6.64. The summed E-state index contributed by atoms with van der Waals surface area (Å²) in [5.74, 6) is 1.00. The molecule has 1 aromatic carbocycles. The first-order valence-corrected chi connectivity index (χ1v) is 7.52. The summed E-state index contributed by atoms with van der Waals surface area (Å²) >= 11 is 1.69. The van der Waals surface area contributed by atoms with Crippen molar-refractivity contribution >= 4 is 11.3 Å². The van der Waals surface area contributed by atoms with Gasteiger partial charge in [0.15, 0.2) is 6.10 Å². The van der Waals surface area contributed by atoms with Crippen LogP contribution >= 0.6 is 11.3 Å². The lowest BCUT2D eigenvalue weighted by atomic mass is 10.1. The largest absolute Gasteiger partial charge is 0.483 e. The first kappa shape index (κ1) is 12.6. The molecule has 0 bridgehead atoms. The molecule has 2 aromatic rings. The van der Waals surface area contributed by atoms with Gasteiger partial charge in [-0.2, -0.15) is 0 Å². The van der Waals surface area contributed by atoms with E-state index in [4.69, 9.17) is 4.74 Å². The Morgan fingerprint density at radius 1 is 1.42 bits per heavy atom. The summed E-state index contributed by atoms with van der Waals surface area (Å²) in [6, 6.07) is 8.72. The fraction of sp³-hybridized carbons (Fsp3) is 0.400. The summed E-state index contributed by atoms with van der Waals surface area (Å²) in [5, 5.41) is 6.59. The molecule has 0 aliphatic carbocycles. The molecule has 1 aliphatic rings. The molecular weight excluding hydrogens is 256 g/mol. The second kappa shape index (κ2) is 5.31. The van der Waals surface area contributed by atoms with Gasteiger partial charge in [-0.1, -0.05) is 32.0 Å². The minimum absolute atomic E-state index is 0.0928. The maximum Gasteiger partial charge on any atom is 0.154 e. The predicted octanol–water partition coefficient (Wildman–Crippen LogP) is 3.32. The van der Waals surface area contributed by atoms with Gasteiger partial charge >= 0.3 is 0 Å². The Balaban J connectivity index is 1.68. The highest BCUT2D eigenvalue weighted by Gasteiger charge is 2.26. The Hall–Kier alpha value is -1.39. The number of nitrogens with one attached hydrogen (secondary N) is 1. The van der Waals surface area contributed by atoms with E-state index >= 15 is 0 Å². The lowest BCUT2D eigenvalue weighted by Gasteiger charge is -2.07. The van der Waals surface area contributed by atoms with Crippen LogP contribution in [0, 0.1) is 0 Å². The molecule has 0 radical (unpaired) electrons. The van der Waals surface area contributed by atoms with Crippen LogP contribution in [0.4, 0.5) is 0 Å². The van der Waals surface area contributed by atoms with E-state index in [1.165, 1.54) is 5.56 Å². The number of hydrogen-bond acceptors (Lipinski definition) is 4. The molecule has 1 aromatic heterocycles. The molecule has 19 heavy (non-hydrogen) atoms. The van der Waals surface area contributed by atoms with Crippen molar-refractivity contribution in [2.45, 2.75) is 39.0 Å². The number of para-hydroxylation sites is 1. The van der Waals surface area contributed by atoms with Crippen molar-refractivity contribution in [2.24, 2.45) is 0 Å². The monoisotopic (exact) mass is 274 g/mol. The van der Waals surface area contributed by atoms with Gasteiger partial charge in [0.25, 0.3) is 0 Å². The Labute approximate surface area is 117 Å². The summed E-state index contributed by atoms with van der Waals surface area (Å²) in [5.41, 5.74) is 2.39. The third kappa shape index (κ3) is 2.80. The van der Waals surface area contributed by atoms with Crippen molar-refractivity contribution in [3.63, 3.8) is 0 Å². The van der Waals surface area contributed by atoms with Crippen molar-refractivity contribution < 1.29 is 4.74 Å². The molecule has 1 N–H and O–H groups in total. The Bertz CT molecular complexity index is 540. The van der Waals surface area contributed by atoms with E-state index in [9.17, 15) is 0 Å². The van der Waals surface area contributed by atoms with E-state index in [0.29, 0.717) is 6.04 Å². The molecule has 0 saturated heterocycles. The number of hydrogen-bond donors (Lipinski definition) is 1. The lowest BCUT2D eigenvalue weighted by Crippen LogP contribution is -2.22. The van der Waals surface area contributed by atoms with Crippen LogP contribution in [-0.2, 0) is 13.0 Å². The third-order valence-corrected chi connectivity index (χ3v) is 4.17. The number of fused-ring (bicyclic) bond motifs is 1. The fourth-order valence-corrected chi connectivity index (χ4v) is 3.03. The quantitative estimate of drug-likeness (QED) is 0.928. The minimum atomic E-state index is 0.0928. The van der Waals surface area contributed by atoms with Crippen LogP contribution in [0.25, 0.3) is 0 Å². The highest BCUT2D eigenvalue weighted by atomic mass is 32.1. The van der Waals surface area contributed by atoms with Crippen molar-refractivity contribution in [1.82, 2.24) is 10.3 Å². The summed E-state index contributed by atoms with van der Waals surface area (Å²) in [6.45, 7) is 5.11. The zero-order valence-electron chi connectivity index (χ0n) is 11.2. The average molecular weight is 274 g/mol. The van der Waals surface area contributed by atoms with Gasteiger partial charge in [-0.25, -0.2) is 4.98 Å². The van der Waals surface area contributed by atoms with E-state index in [2.05, 4.69) is 41.7 Å². The zero-order chi connectivity index (χ0) is 13.2. The Kier molecular flexibility index (Phi) is 3.53.